The van der Waals surface area contributed by atoms with Crippen molar-refractivity contribution in [3.8, 4) is 5.75 Å². The van der Waals surface area contributed by atoms with Gasteiger partial charge in [0.05, 0.1) is 31.3 Å². The molecule has 0 saturated carbocycles. The minimum Gasteiger partial charge on any atom is -0.508 e. The number of carboxylic acid groups (broad SMARTS) is 2. The highest BCUT2D eigenvalue weighted by Crippen LogP contribution is 2.20. The lowest BCUT2D eigenvalue weighted by molar-refractivity contribution is -0.398. The van der Waals surface area contributed by atoms with Gasteiger partial charge in [-0.2, -0.15) is 12.6 Å². The summed E-state index contributed by atoms with van der Waals surface area (Å²) in [6, 6.07) is -11.1. The van der Waals surface area contributed by atoms with E-state index in [4.69, 9.17) is 5.73 Å². The number of hydrogen-bond donors (Lipinski definition) is 19. The summed E-state index contributed by atoms with van der Waals surface area (Å²) in [7, 11) is 0. The van der Waals surface area contributed by atoms with Crippen molar-refractivity contribution in [1.29, 1.82) is 0 Å². The third kappa shape index (κ3) is 23.7. The molecular weight excluding hydrogens is 1160 g/mol. The minimum absolute atomic E-state index is 0.0485. The number of nitrogens with two attached hydrogens (primary N) is 1. The Labute approximate surface area is 499 Å². The molecule has 0 spiro atoms. The number of hydrogen-bond acceptors (Lipinski definition) is 19. The second-order valence-electron chi connectivity index (χ2n) is 20.9. The van der Waals surface area contributed by atoms with E-state index in [1.165, 1.54) is 45.0 Å². The van der Waals surface area contributed by atoms with Gasteiger partial charge in [-0.1, -0.05) is 32.4 Å². The molecule has 1 aliphatic rings. The molecule has 1 fully saturated rings. The number of quaternary nitrogens is 1. The number of aliphatic hydroxyl groups excluding tert-OH is 3. The molecule has 12 amide bonds. The molecule has 34 heteroatoms. The third-order valence-electron chi connectivity index (χ3n) is 13.6. The second-order valence-corrected chi connectivity index (χ2v) is 21.3. The molecule has 1 aromatic carbocycles. The highest BCUT2D eigenvalue weighted by molar-refractivity contribution is 7.80. The third-order valence-corrected chi connectivity index (χ3v) is 13.9. The van der Waals surface area contributed by atoms with Crippen LogP contribution in [0, 0.1) is 5.92 Å². The Hall–Kier alpha value is -8.21. The summed E-state index contributed by atoms with van der Waals surface area (Å²) in [4.78, 5) is 184. The zero-order valence-corrected chi connectivity index (χ0v) is 49.5. The second kappa shape index (κ2) is 35.3. The molecule has 86 heavy (non-hydrogen) atoms. The SMILES string of the molecule is CC[C@H](C)[C@H](NC(=O)[C@@H](NC(=O)[C@H](Cc1ccc(O)cc1)NC(=O)[C@H](C)[NH3+])[C@@H](C)O)C(=O)N[C@@H](CS)C(=O)N[C@@H](C)C(=O)NCC(=O)N[C@H](C(=O)N[C@@H](CCC(N)=O)C(=O)N[C@H](C(=O)N[C@@H](CC(=O)O)C(=O)N1CCC[C@H]1C(=O)O)[C@@H](C)O)[C@@H](C)O. The predicted octanol–water partition coefficient (Wildman–Crippen LogP) is -8.00. The number of rotatable bonds is 35. The van der Waals surface area contributed by atoms with E-state index in [0.717, 1.165) is 18.7 Å². The smallest absolute Gasteiger partial charge is 0.326 e. The molecule has 0 radical (unpaired) electrons. The summed E-state index contributed by atoms with van der Waals surface area (Å²) >= 11 is 4.16. The number of carboxylic acids is 2. The van der Waals surface area contributed by atoms with Crippen LogP contribution < -0.4 is 64.6 Å². The molecule has 2 rings (SSSR count). The van der Waals surface area contributed by atoms with E-state index in [1.807, 2.05) is 0 Å². The fourth-order valence-corrected chi connectivity index (χ4v) is 8.64. The maximum atomic E-state index is 13.8. The fraction of sp³-hybridized carbons (Fsp3) is 0.615. The van der Waals surface area contributed by atoms with Crippen molar-refractivity contribution in [2.24, 2.45) is 11.7 Å². The van der Waals surface area contributed by atoms with Crippen molar-refractivity contribution in [1.82, 2.24) is 58.1 Å². The number of phenols is 1. The Morgan fingerprint density at radius 3 is 1.57 bits per heavy atom. The van der Waals surface area contributed by atoms with Crippen molar-refractivity contribution in [2.75, 3.05) is 18.8 Å². The monoisotopic (exact) mass is 1240 g/mol. The number of amides is 12. The molecule has 1 aliphatic heterocycles. The number of carbonyl (C=O) groups is 14. The molecule has 21 N–H and O–H groups in total. The summed E-state index contributed by atoms with van der Waals surface area (Å²) in [6.45, 7) is 8.28. The van der Waals surface area contributed by atoms with Gasteiger partial charge in [0.15, 0.2) is 6.04 Å². The van der Waals surface area contributed by atoms with E-state index in [1.54, 1.807) is 13.8 Å². The lowest BCUT2D eigenvalue weighted by atomic mass is 9.97. The Bertz CT molecular complexity index is 2610. The number of nitrogens with one attached hydrogen (secondary N) is 10. The van der Waals surface area contributed by atoms with E-state index in [2.05, 4.69) is 71.5 Å². The molecule has 15 atom stereocenters. The van der Waals surface area contributed by atoms with Crippen LogP contribution in [0.1, 0.15) is 92.6 Å². The quantitative estimate of drug-likeness (QED) is 0.0281. The van der Waals surface area contributed by atoms with Gasteiger partial charge in [0.2, 0.25) is 65.0 Å². The zero-order valence-electron chi connectivity index (χ0n) is 48.6. The Morgan fingerprint density at radius 1 is 0.616 bits per heavy atom. The van der Waals surface area contributed by atoms with E-state index in [9.17, 15) is 97.8 Å². The Kier molecular flexibility index (Phi) is 30.3. The summed E-state index contributed by atoms with van der Waals surface area (Å²) in [5.41, 5.74) is 9.44. The van der Waals surface area contributed by atoms with Crippen molar-refractivity contribution >= 4 is 95.5 Å². The maximum Gasteiger partial charge on any atom is 0.326 e. The molecule has 1 aromatic rings. The number of thiol groups is 1. The molecule has 0 aliphatic carbocycles. The average Bonchev–Trinajstić information content (AvgIpc) is 4.07. The van der Waals surface area contributed by atoms with Crippen LogP contribution in [-0.4, -0.2) is 222 Å². The first-order valence-corrected chi connectivity index (χ1v) is 28.1. The van der Waals surface area contributed by atoms with Gasteiger partial charge in [0.1, 0.15) is 66.2 Å². The number of carbonyl (C=O) groups excluding carboxylic acids is 12. The maximum absolute atomic E-state index is 13.8. The summed E-state index contributed by atoms with van der Waals surface area (Å²) < 4.78 is 0. The van der Waals surface area contributed by atoms with Crippen LogP contribution in [0.15, 0.2) is 24.3 Å². The normalized spacial score (nSPS) is 17.8. The first kappa shape index (κ1) is 73.9. The first-order chi connectivity index (χ1) is 40.1. The van der Waals surface area contributed by atoms with Crippen molar-refractivity contribution in [3.05, 3.63) is 29.8 Å². The summed E-state index contributed by atoms with van der Waals surface area (Å²) in [6.07, 6.45) is -6.75. The first-order valence-electron chi connectivity index (χ1n) is 27.4. The molecule has 33 nitrogen and oxygen atoms in total. The van der Waals surface area contributed by atoms with E-state index in [-0.39, 0.29) is 43.7 Å². The lowest BCUT2D eigenvalue weighted by Gasteiger charge is -2.30. The fourth-order valence-electron chi connectivity index (χ4n) is 8.38. The zero-order chi connectivity index (χ0) is 65.4. The molecule has 0 bridgehead atoms. The number of phenolic OH excluding ortho intramolecular Hbond substituents is 1. The molecule has 480 valence electrons. The van der Waals surface area contributed by atoms with Crippen LogP contribution in [0.2, 0.25) is 0 Å². The summed E-state index contributed by atoms with van der Waals surface area (Å²) in [5, 5.41) is 83.6. The van der Waals surface area contributed by atoms with E-state index < -0.39 is 199 Å². The van der Waals surface area contributed by atoms with Crippen molar-refractivity contribution in [2.45, 2.75) is 178 Å². The molecule has 0 aromatic heterocycles. The topological polar surface area (TPSA) is 538 Å². The van der Waals surface area contributed by atoms with Crippen LogP contribution in [-0.2, 0) is 73.5 Å². The van der Waals surface area contributed by atoms with Crippen molar-refractivity contribution < 1.29 is 103 Å². The largest absolute Gasteiger partial charge is 0.508 e. The van der Waals surface area contributed by atoms with Crippen LogP contribution in [0.3, 0.4) is 0 Å². The van der Waals surface area contributed by atoms with Gasteiger partial charge >= 0.3 is 11.9 Å². The minimum atomic E-state index is -1.98. The number of aliphatic hydroxyl groups is 3. The number of aliphatic carboxylic acids is 2. The number of primary amides is 1. The van der Waals surface area contributed by atoms with Gasteiger partial charge in [-0.25, -0.2) is 4.79 Å². The van der Waals surface area contributed by atoms with Gasteiger partial charge in [-0.05, 0) is 77.5 Å². The number of nitrogens with zero attached hydrogens (tertiary/aromatic N) is 1. The van der Waals surface area contributed by atoms with Crippen LogP contribution in [0.4, 0.5) is 0 Å². The average molecular weight is 1240 g/mol. The highest BCUT2D eigenvalue weighted by Gasteiger charge is 2.41. The number of aromatic hydroxyl groups is 1. The van der Waals surface area contributed by atoms with E-state index in [0.29, 0.717) is 5.56 Å². The molecule has 1 saturated heterocycles. The molecular formula is C52H82N13O20S+. The Balaban J connectivity index is 2.15. The Morgan fingerprint density at radius 2 is 1.08 bits per heavy atom. The van der Waals surface area contributed by atoms with Gasteiger partial charge < -0.3 is 100 Å². The summed E-state index contributed by atoms with van der Waals surface area (Å²) in [5.74, 6) is -16.4. The van der Waals surface area contributed by atoms with Gasteiger partial charge in [0.25, 0.3) is 5.91 Å². The van der Waals surface area contributed by atoms with Crippen LogP contribution in [0.25, 0.3) is 0 Å². The lowest BCUT2D eigenvalue weighted by Crippen LogP contribution is -2.68. The molecule has 1 heterocycles. The number of benzene rings is 1. The molecule has 0 unspecified atom stereocenters. The van der Waals surface area contributed by atoms with Gasteiger partial charge in [-0.3, -0.25) is 62.3 Å². The highest BCUT2D eigenvalue weighted by atomic mass is 32.1. The van der Waals surface area contributed by atoms with Gasteiger partial charge in [0, 0.05) is 25.1 Å². The predicted molar refractivity (Wildman–Crippen MR) is 302 cm³/mol. The standard InChI is InChI=1S/C52H81N13O20S/c1-8-22(2)38(62-50(82)41(27(7)68)64-45(77)31(58-42(74)23(3)53)18-28-11-13-29(69)14-12-28)47(79)60-33(21-86)46(78)56-24(4)43(75)55-20-36(71)61-39(25(5)66)48(80)57-30(15-16-35(54)70)44(76)63-40(26(6)67)49(81)59-32(19-37(72)73)51(83)65-17-9-10-34(65)52(84)85/h11-14,22-27,30-34,38-41,66-69,86H,8-10,15-21,53H2,1-7H3,(H2,54,70)(H,55,75)(H,56,78)(H,57,80)(H,58,74)(H,59,81)(H,60,79)(H,61,71)(H,62,82)(H,63,76)(H,64,77)(H,72,73)(H,84,85)/p+1/t22-,23-,24-,25+,26+,27+,30-,31-,32-,33-,34-,38-,39-,40-,41-/m0/s1. The number of likely N-dealkylation sites (tertiary alicyclic amines) is 1. The van der Waals surface area contributed by atoms with Crippen LogP contribution >= 0.6 is 12.6 Å². The van der Waals surface area contributed by atoms with E-state index >= 15 is 0 Å². The van der Waals surface area contributed by atoms with Crippen LogP contribution in [0.5, 0.6) is 5.75 Å². The van der Waals surface area contributed by atoms with Gasteiger partial charge in [-0.15, -0.1) is 0 Å². The van der Waals surface area contributed by atoms with Crippen molar-refractivity contribution in [3.63, 3.8) is 0 Å².